The Bertz CT molecular complexity index is 644. The molecule has 1 aromatic rings. The zero-order valence-electron chi connectivity index (χ0n) is 12.0. The number of nitrogens with zero attached hydrogens (tertiary/aromatic N) is 1. The number of rotatable bonds is 4. The number of halogens is 1. The standard InChI is InChI=1S/C15H19FN2O2S/c1-11-5-7-12(8-6-11)10-18-21(19,20)15-4-2-3-14(16)13(15)9-17/h2-4,11-12,18H,5-8,10H2,1H3. The molecule has 0 aromatic heterocycles. The van der Waals surface area contributed by atoms with Crippen LogP contribution in [-0.2, 0) is 10.0 Å². The highest BCUT2D eigenvalue weighted by molar-refractivity contribution is 7.89. The molecule has 0 amide bonds. The van der Waals surface area contributed by atoms with Crippen molar-refractivity contribution in [3.8, 4) is 6.07 Å². The average Bonchev–Trinajstić information content (AvgIpc) is 2.46. The van der Waals surface area contributed by atoms with E-state index < -0.39 is 21.4 Å². The van der Waals surface area contributed by atoms with Crippen LogP contribution in [0.25, 0.3) is 0 Å². The molecule has 0 unspecified atom stereocenters. The monoisotopic (exact) mass is 310 g/mol. The van der Waals surface area contributed by atoms with Gasteiger partial charge in [0.2, 0.25) is 10.0 Å². The largest absolute Gasteiger partial charge is 0.242 e. The van der Waals surface area contributed by atoms with Crippen LogP contribution >= 0.6 is 0 Å². The minimum absolute atomic E-state index is 0.283. The normalized spacial score (nSPS) is 22.7. The van der Waals surface area contributed by atoms with Gasteiger partial charge in [-0.05, 0) is 36.8 Å². The second-order valence-corrected chi connectivity index (χ2v) is 7.44. The number of nitrogens with one attached hydrogen (secondary N) is 1. The predicted octanol–water partition coefficient (Wildman–Crippen LogP) is 2.80. The first kappa shape index (κ1) is 15.9. The lowest BCUT2D eigenvalue weighted by molar-refractivity contribution is 0.290. The molecular weight excluding hydrogens is 291 g/mol. The zero-order chi connectivity index (χ0) is 15.5. The number of sulfonamides is 1. The van der Waals surface area contributed by atoms with Crippen LogP contribution in [-0.4, -0.2) is 15.0 Å². The highest BCUT2D eigenvalue weighted by Gasteiger charge is 2.24. The smallest absolute Gasteiger partial charge is 0.211 e. The molecule has 21 heavy (non-hydrogen) atoms. The van der Waals surface area contributed by atoms with Gasteiger partial charge in [-0.3, -0.25) is 0 Å². The fourth-order valence-corrected chi connectivity index (χ4v) is 3.96. The Morgan fingerprint density at radius 1 is 1.33 bits per heavy atom. The van der Waals surface area contributed by atoms with Crippen molar-refractivity contribution in [3.05, 3.63) is 29.6 Å². The zero-order valence-corrected chi connectivity index (χ0v) is 12.8. The lowest BCUT2D eigenvalue weighted by Gasteiger charge is -2.26. The van der Waals surface area contributed by atoms with E-state index in [0.29, 0.717) is 18.4 Å². The summed E-state index contributed by atoms with van der Waals surface area (Å²) in [5.74, 6) is 0.202. The van der Waals surface area contributed by atoms with Gasteiger partial charge in [0.15, 0.2) is 0 Å². The summed E-state index contributed by atoms with van der Waals surface area (Å²) in [5, 5.41) is 8.93. The summed E-state index contributed by atoms with van der Waals surface area (Å²) in [6, 6.07) is 5.26. The SMILES string of the molecule is CC1CCC(CNS(=O)(=O)c2cccc(F)c2C#N)CC1. The van der Waals surface area contributed by atoms with E-state index >= 15 is 0 Å². The maximum Gasteiger partial charge on any atom is 0.242 e. The number of nitriles is 1. The summed E-state index contributed by atoms with van der Waals surface area (Å²) >= 11 is 0. The first-order valence-corrected chi connectivity index (χ1v) is 8.60. The van der Waals surface area contributed by atoms with Gasteiger partial charge in [-0.1, -0.05) is 25.8 Å². The summed E-state index contributed by atoms with van der Waals surface area (Å²) in [6.07, 6.45) is 4.21. The fraction of sp³-hybridized carbons (Fsp3) is 0.533. The van der Waals surface area contributed by atoms with Crippen molar-refractivity contribution in [1.82, 2.24) is 4.72 Å². The predicted molar refractivity (Wildman–Crippen MR) is 77.4 cm³/mol. The molecule has 0 spiro atoms. The summed E-state index contributed by atoms with van der Waals surface area (Å²) in [6.45, 7) is 2.54. The van der Waals surface area contributed by atoms with E-state index in [1.165, 1.54) is 12.1 Å². The third-order valence-electron chi connectivity index (χ3n) is 4.07. The number of hydrogen-bond donors (Lipinski definition) is 1. The highest BCUT2D eigenvalue weighted by atomic mass is 32.2. The summed E-state index contributed by atoms with van der Waals surface area (Å²) in [4.78, 5) is -0.283. The molecule has 1 N–H and O–H groups in total. The minimum Gasteiger partial charge on any atom is -0.211 e. The van der Waals surface area contributed by atoms with Crippen LogP contribution in [0, 0.1) is 29.0 Å². The van der Waals surface area contributed by atoms with Crippen LogP contribution in [0.3, 0.4) is 0 Å². The van der Waals surface area contributed by atoms with Gasteiger partial charge < -0.3 is 0 Å². The molecule has 0 atom stereocenters. The van der Waals surface area contributed by atoms with Gasteiger partial charge in [0.1, 0.15) is 22.3 Å². The molecule has 1 fully saturated rings. The van der Waals surface area contributed by atoms with Gasteiger partial charge in [-0.15, -0.1) is 0 Å². The van der Waals surface area contributed by atoms with E-state index in [-0.39, 0.29) is 4.90 Å². The van der Waals surface area contributed by atoms with Crippen molar-refractivity contribution < 1.29 is 12.8 Å². The Hall–Kier alpha value is -1.45. The van der Waals surface area contributed by atoms with E-state index in [1.807, 2.05) is 0 Å². The van der Waals surface area contributed by atoms with Crippen LogP contribution < -0.4 is 4.72 Å². The van der Waals surface area contributed by atoms with Crippen molar-refractivity contribution in [3.63, 3.8) is 0 Å². The van der Waals surface area contributed by atoms with E-state index in [9.17, 15) is 12.8 Å². The third-order valence-corrected chi connectivity index (χ3v) is 5.54. The van der Waals surface area contributed by atoms with E-state index in [4.69, 9.17) is 5.26 Å². The van der Waals surface area contributed by atoms with E-state index in [0.717, 1.165) is 31.7 Å². The van der Waals surface area contributed by atoms with E-state index in [1.54, 1.807) is 6.07 Å². The molecule has 4 nitrogen and oxygen atoms in total. The number of benzene rings is 1. The van der Waals surface area contributed by atoms with Crippen molar-refractivity contribution in [2.75, 3.05) is 6.54 Å². The Morgan fingerprint density at radius 2 is 2.00 bits per heavy atom. The van der Waals surface area contributed by atoms with Crippen LogP contribution in [0.2, 0.25) is 0 Å². The van der Waals surface area contributed by atoms with Gasteiger partial charge in [0.05, 0.1) is 0 Å². The molecule has 1 saturated carbocycles. The second kappa shape index (κ2) is 6.54. The van der Waals surface area contributed by atoms with Crippen molar-refractivity contribution in [1.29, 1.82) is 5.26 Å². The molecule has 2 rings (SSSR count). The summed E-state index contributed by atoms with van der Waals surface area (Å²) in [7, 11) is -3.85. The quantitative estimate of drug-likeness (QED) is 0.929. The second-order valence-electron chi connectivity index (χ2n) is 5.70. The van der Waals surface area contributed by atoms with Crippen molar-refractivity contribution in [2.45, 2.75) is 37.5 Å². The van der Waals surface area contributed by atoms with Crippen LogP contribution in [0.4, 0.5) is 4.39 Å². The topological polar surface area (TPSA) is 70.0 Å². The third kappa shape index (κ3) is 3.80. The molecule has 0 bridgehead atoms. The Labute approximate surface area is 125 Å². The van der Waals surface area contributed by atoms with Crippen molar-refractivity contribution in [2.24, 2.45) is 11.8 Å². The first-order valence-electron chi connectivity index (χ1n) is 7.12. The molecule has 1 aliphatic carbocycles. The molecule has 0 heterocycles. The van der Waals surface area contributed by atoms with E-state index in [2.05, 4.69) is 11.6 Å². The lowest BCUT2D eigenvalue weighted by Crippen LogP contribution is -2.31. The maximum atomic E-state index is 13.5. The minimum atomic E-state index is -3.85. The van der Waals surface area contributed by atoms with Crippen LogP contribution in [0.5, 0.6) is 0 Å². The van der Waals surface area contributed by atoms with Gasteiger partial charge >= 0.3 is 0 Å². The fourth-order valence-electron chi connectivity index (χ4n) is 2.68. The molecule has 1 aliphatic rings. The van der Waals surface area contributed by atoms with Gasteiger partial charge in [-0.25, -0.2) is 17.5 Å². The van der Waals surface area contributed by atoms with Gasteiger partial charge in [0, 0.05) is 6.54 Å². The summed E-state index contributed by atoms with van der Waals surface area (Å²) in [5.41, 5.74) is -0.428. The van der Waals surface area contributed by atoms with Crippen LogP contribution in [0.15, 0.2) is 23.1 Å². The van der Waals surface area contributed by atoms with Crippen molar-refractivity contribution >= 4 is 10.0 Å². The molecule has 0 aliphatic heterocycles. The van der Waals surface area contributed by atoms with Crippen LogP contribution in [0.1, 0.15) is 38.2 Å². The highest BCUT2D eigenvalue weighted by Crippen LogP contribution is 2.28. The molecule has 0 radical (unpaired) electrons. The van der Waals surface area contributed by atoms with Gasteiger partial charge in [0.25, 0.3) is 0 Å². The Morgan fingerprint density at radius 3 is 2.62 bits per heavy atom. The lowest BCUT2D eigenvalue weighted by atomic mass is 9.83. The Kier molecular flexibility index (Phi) is 4.96. The average molecular weight is 310 g/mol. The number of hydrogen-bond acceptors (Lipinski definition) is 3. The van der Waals surface area contributed by atoms with Gasteiger partial charge in [-0.2, -0.15) is 5.26 Å². The molecular formula is C15H19FN2O2S. The summed E-state index contributed by atoms with van der Waals surface area (Å²) < 4.78 is 40.5. The molecule has 0 saturated heterocycles. The molecule has 114 valence electrons. The molecule has 1 aromatic carbocycles. The first-order chi connectivity index (χ1) is 9.94. The Balaban J connectivity index is 2.09. The molecule has 6 heteroatoms. The maximum absolute atomic E-state index is 13.5.